The van der Waals surface area contributed by atoms with Gasteiger partial charge in [0.15, 0.2) is 5.69 Å². The van der Waals surface area contributed by atoms with Gasteiger partial charge in [0.1, 0.15) is 6.54 Å². The second-order valence-corrected chi connectivity index (χ2v) is 10.1. The summed E-state index contributed by atoms with van der Waals surface area (Å²) in [5, 5.41) is 18.4. The van der Waals surface area contributed by atoms with Crippen LogP contribution in [0.1, 0.15) is 0 Å². The Morgan fingerprint density at radius 3 is 2.48 bits per heavy atom. The SMILES string of the molecule is O=C(CN(c1ccccc1Cl)S(=O)(=O)c1ccccc1)N=Nc1c(O)[nH]c2ccc(Br)cc12. The van der Waals surface area contributed by atoms with Crippen molar-refractivity contribution in [2.75, 3.05) is 10.8 Å². The zero-order chi connectivity index (χ0) is 23.6. The summed E-state index contributed by atoms with van der Waals surface area (Å²) in [5.74, 6) is -1.11. The molecule has 33 heavy (non-hydrogen) atoms. The van der Waals surface area contributed by atoms with Gasteiger partial charge >= 0.3 is 0 Å². The molecule has 1 heterocycles. The van der Waals surface area contributed by atoms with Gasteiger partial charge in [-0.05, 0) is 42.5 Å². The van der Waals surface area contributed by atoms with Gasteiger partial charge < -0.3 is 10.1 Å². The van der Waals surface area contributed by atoms with E-state index < -0.39 is 22.5 Å². The van der Waals surface area contributed by atoms with Crippen LogP contribution < -0.4 is 4.31 Å². The number of amides is 1. The Hall–Kier alpha value is -3.21. The van der Waals surface area contributed by atoms with Crippen LogP contribution in [0.4, 0.5) is 11.4 Å². The molecule has 0 saturated carbocycles. The van der Waals surface area contributed by atoms with E-state index in [0.717, 1.165) is 8.78 Å². The molecule has 0 aliphatic rings. The second kappa shape index (κ2) is 9.34. The molecule has 4 rings (SSSR count). The molecule has 0 radical (unpaired) electrons. The first-order chi connectivity index (χ1) is 15.8. The van der Waals surface area contributed by atoms with Crippen LogP contribution in [-0.4, -0.2) is 31.0 Å². The molecule has 1 aromatic heterocycles. The number of azo groups is 1. The lowest BCUT2D eigenvalue weighted by molar-refractivity contribution is -0.116. The average Bonchev–Trinajstić information content (AvgIpc) is 3.11. The minimum Gasteiger partial charge on any atom is -0.493 e. The molecule has 2 N–H and O–H groups in total. The van der Waals surface area contributed by atoms with E-state index >= 15 is 0 Å². The van der Waals surface area contributed by atoms with Gasteiger partial charge in [-0.3, -0.25) is 9.10 Å². The van der Waals surface area contributed by atoms with Crippen LogP contribution in [0.25, 0.3) is 10.9 Å². The summed E-state index contributed by atoms with van der Waals surface area (Å²) in [6.45, 7) is -0.642. The van der Waals surface area contributed by atoms with Crippen molar-refractivity contribution >= 4 is 65.7 Å². The number of aromatic nitrogens is 1. The number of aromatic amines is 1. The van der Waals surface area contributed by atoms with Crippen LogP contribution >= 0.6 is 27.5 Å². The van der Waals surface area contributed by atoms with Crippen molar-refractivity contribution in [1.29, 1.82) is 0 Å². The fourth-order valence-electron chi connectivity index (χ4n) is 3.17. The summed E-state index contributed by atoms with van der Waals surface area (Å²) in [5.41, 5.74) is 0.793. The van der Waals surface area contributed by atoms with Crippen molar-refractivity contribution in [1.82, 2.24) is 4.98 Å². The van der Waals surface area contributed by atoms with Gasteiger partial charge in [0, 0.05) is 9.86 Å². The monoisotopic (exact) mass is 546 g/mol. The van der Waals surface area contributed by atoms with Gasteiger partial charge in [-0.2, -0.15) is 0 Å². The fourth-order valence-corrected chi connectivity index (χ4v) is 5.27. The lowest BCUT2D eigenvalue weighted by Gasteiger charge is -2.23. The van der Waals surface area contributed by atoms with E-state index in [1.807, 2.05) is 0 Å². The summed E-state index contributed by atoms with van der Waals surface area (Å²) in [4.78, 5) is 15.5. The van der Waals surface area contributed by atoms with Crippen LogP contribution in [0.15, 0.2) is 92.4 Å². The molecule has 0 aliphatic carbocycles. The van der Waals surface area contributed by atoms with E-state index in [1.165, 1.54) is 24.3 Å². The minimum atomic E-state index is -4.13. The highest BCUT2D eigenvalue weighted by Crippen LogP contribution is 2.37. The Morgan fingerprint density at radius 1 is 1.06 bits per heavy atom. The zero-order valence-electron chi connectivity index (χ0n) is 16.8. The number of fused-ring (bicyclic) bond motifs is 1. The molecular formula is C22H16BrClN4O4S. The minimum absolute atomic E-state index is 0.00576. The number of hydrogen-bond acceptors (Lipinski definition) is 5. The molecule has 8 nitrogen and oxygen atoms in total. The maximum atomic E-state index is 13.3. The Labute approximate surface area is 202 Å². The number of carbonyl (C=O) groups is 1. The van der Waals surface area contributed by atoms with Gasteiger partial charge in [-0.15, -0.1) is 10.2 Å². The molecule has 0 saturated heterocycles. The van der Waals surface area contributed by atoms with Crippen molar-refractivity contribution in [3.63, 3.8) is 0 Å². The maximum absolute atomic E-state index is 13.3. The number of nitrogens with zero attached hydrogens (tertiary/aromatic N) is 3. The lowest BCUT2D eigenvalue weighted by Crippen LogP contribution is -2.35. The van der Waals surface area contributed by atoms with E-state index in [4.69, 9.17) is 11.6 Å². The van der Waals surface area contributed by atoms with Gasteiger partial charge in [-0.25, -0.2) is 8.42 Å². The first-order valence-corrected chi connectivity index (χ1v) is 12.2. The number of H-pyrrole nitrogens is 1. The number of anilines is 1. The summed E-state index contributed by atoms with van der Waals surface area (Å²) in [7, 11) is -4.13. The molecular weight excluding hydrogens is 532 g/mol. The molecule has 11 heteroatoms. The smallest absolute Gasteiger partial charge is 0.285 e. The third-order valence-electron chi connectivity index (χ3n) is 4.71. The highest BCUT2D eigenvalue weighted by Gasteiger charge is 2.28. The molecule has 3 aromatic carbocycles. The van der Waals surface area contributed by atoms with Crippen molar-refractivity contribution in [2.45, 2.75) is 4.90 Å². The van der Waals surface area contributed by atoms with Gasteiger partial charge in [0.2, 0.25) is 5.88 Å². The normalized spacial score (nSPS) is 11.8. The maximum Gasteiger partial charge on any atom is 0.285 e. The average molecular weight is 548 g/mol. The van der Waals surface area contributed by atoms with E-state index in [-0.39, 0.29) is 27.2 Å². The predicted octanol–water partition coefficient (Wildman–Crippen LogP) is 5.80. The Kier molecular flexibility index (Phi) is 6.50. The highest BCUT2D eigenvalue weighted by atomic mass is 79.9. The van der Waals surface area contributed by atoms with Crippen molar-refractivity contribution in [2.24, 2.45) is 10.2 Å². The third-order valence-corrected chi connectivity index (χ3v) is 7.29. The first kappa shape index (κ1) is 23.0. The Morgan fingerprint density at radius 2 is 1.76 bits per heavy atom. The van der Waals surface area contributed by atoms with Gasteiger partial charge in [0.05, 0.1) is 21.1 Å². The Bertz CT molecular complexity index is 1470. The van der Waals surface area contributed by atoms with E-state index in [9.17, 15) is 18.3 Å². The molecule has 0 unspecified atom stereocenters. The van der Waals surface area contributed by atoms with Gasteiger partial charge in [-0.1, -0.05) is 57.9 Å². The molecule has 0 spiro atoms. The number of benzene rings is 3. The molecule has 0 fully saturated rings. The van der Waals surface area contributed by atoms with Crippen LogP contribution in [0.2, 0.25) is 5.02 Å². The summed E-state index contributed by atoms with van der Waals surface area (Å²) < 4.78 is 28.3. The fraction of sp³-hybridized carbons (Fsp3) is 0.0455. The van der Waals surface area contributed by atoms with Gasteiger partial charge in [0.25, 0.3) is 15.9 Å². The number of hydrogen-bond donors (Lipinski definition) is 2. The quantitative estimate of drug-likeness (QED) is 0.297. The number of rotatable bonds is 6. The molecule has 0 bridgehead atoms. The van der Waals surface area contributed by atoms with Crippen LogP contribution in [0.3, 0.4) is 0 Å². The summed E-state index contributed by atoms with van der Waals surface area (Å²) >= 11 is 9.59. The summed E-state index contributed by atoms with van der Waals surface area (Å²) in [6, 6.07) is 19.2. The van der Waals surface area contributed by atoms with Crippen LogP contribution in [0.5, 0.6) is 5.88 Å². The van der Waals surface area contributed by atoms with E-state index in [0.29, 0.717) is 10.9 Å². The Balaban J connectivity index is 1.69. The van der Waals surface area contributed by atoms with Crippen molar-refractivity contribution in [3.8, 4) is 5.88 Å². The second-order valence-electron chi connectivity index (χ2n) is 6.88. The number of nitrogens with one attached hydrogen (secondary N) is 1. The predicted molar refractivity (Wildman–Crippen MR) is 130 cm³/mol. The molecule has 4 aromatic rings. The standard InChI is InChI=1S/C22H16BrClN4O4S/c23-14-10-11-18-16(12-14)21(22(30)25-18)27-26-20(29)13-28(19-9-5-4-8-17(19)24)33(31,32)15-6-2-1-3-7-15/h1-12,25,30H,13H2. The highest BCUT2D eigenvalue weighted by molar-refractivity contribution is 9.10. The van der Waals surface area contributed by atoms with E-state index in [1.54, 1.807) is 48.5 Å². The van der Waals surface area contributed by atoms with Crippen LogP contribution in [-0.2, 0) is 14.8 Å². The molecule has 1 amide bonds. The molecule has 0 aliphatic heterocycles. The van der Waals surface area contributed by atoms with E-state index in [2.05, 4.69) is 31.1 Å². The topological polar surface area (TPSA) is 115 Å². The zero-order valence-corrected chi connectivity index (χ0v) is 20.0. The molecule has 168 valence electrons. The van der Waals surface area contributed by atoms with Crippen molar-refractivity contribution < 1.29 is 18.3 Å². The number of para-hydroxylation sites is 1. The number of aromatic hydroxyl groups is 1. The lowest BCUT2D eigenvalue weighted by atomic mass is 10.2. The largest absolute Gasteiger partial charge is 0.493 e. The number of halogens is 2. The van der Waals surface area contributed by atoms with Crippen LogP contribution in [0, 0.1) is 0 Å². The number of sulfonamides is 1. The first-order valence-electron chi connectivity index (χ1n) is 9.54. The third kappa shape index (κ3) is 4.77. The number of carbonyl (C=O) groups excluding carboxylic acids is 1. The van der Waals surface area contributed by atoms with Crippen molar-refractivity contribution in [3.05, 3.63) is 82.3 Å². The summed E-state index contributed by atoms with van der Waals surface area (Å²) in [6.07, 6.45) is 0. The molecule has 0 atom stereocenters.